The molecular formula is C12H16O5. The molecule has 0 aliphatic heterocycles. The van der Waals surface area contributed by atoms with E-state index in [1.807, 2.05) is 0 Å². The third kappa shape index (κ3) is 2.68. The molecule has 0 fully saturated rings. The number of carboxylic acid groups (broad SMARTS) is 1. The van der Waals surface area contributed by atoms with E-state index >= 15 is 0 Å². The number of rotatable bonds is 4. The summed E-state index contributed by atoms with van der Waals surface area (Å²) in [6.07, 6.45) is 0. The van der Waals surface area contributed by atoms with Gasteiger partial charge in [-0.3, -0.25) is 0 Å². The van der Waals surface area contributed by atoms with Crippen molar-refractivity contribution in [2.75, 3.05) is 14.2 Å². The normalized spacial score (nSPS) is 11.1. The first-order valence-corrected chi connectivity index (χ1v) is 5.03. The summed E-state index contributed by atoms with van der Waals surface area (Å²) in [5.41, 5.74) is -0.805. The average Bonchev–Trinajstić information content (AvgIpc) is 2.25. The van der Waals surface area contributed by atoms with Crippen LogP contribution in [0.1, 0.15) is 29.8 Å². The van der Waals surface area contributed by atoms with Gasteiger partial charge < -0.3 is 19.7 Å². The summed E-state index contributed by atoms with van der Waals surface area (Å²) in [6.45, 7) is 3.10. The van der Waals surface area contributed by atoms with Crippen molar-refractivity contribution in [1.82, 2.24) is 0 Å². The van der Waals surface area contributed by atoms with Gasteiger partial charge in [0.05, 0.1) is 25.4 Å². The zero-order valence-corrected chi connectivity index (χ0v) is 10.3. The number of carbonyl (C=O) groups is 1. The number of ether oxygens (including phenoxy) is 2. The number of benzene rings is 1. The average molecular weight is 240 g/mol. The van der Waals surface area contributed by atoms with Crippen molar-refractivity contribution in [3.8, 4) is 11.5 Å². The molecule has 0 bridgehead atoms. The Morgan fingerprint density at radius 1 is 1.24 bits per heavy atom. The summed E-state index contributed by atoms with van der Waals surface area (Å²) in [6, 6.07) is 2.74. The van der Waals surface area contributed by atoms with Crippen LogP contribution in [0.25, 0.3) is 0 Å². The third-order valence-corrected chi connectivity index (χ3v) is 2.38. The molecule has 0 radical (unpaired) electrons. The summed E-state index contributed by atoms with van der Waals surface area (Å²) < 4.78 is 10.2. The van der Waals surface area contributed by atoms with Gasteiger partial charge in [0.25, 0.3) is 0 Å². The van der Waals surface area contributed by atoms with Crippen LogP contribution in [-0.2, 0) is 5.60 Å². The fraction of sp³-hybridized carbons (Fsp3) is 0.417. The number of methoxy groups -OCH3 is 2. The lowest BCUT2D eigenvalue weighted by Gasteiger charge is -2.22. The highest BCUT2D eigenvalue weighted by molar-refractivity contribution is 5.89. The van der Waals surface area contributed by atoms with Crippen LogP contribution in [0, 0.1) is 0 Å². The molecule has 0 saturated carbocycles. The summed E-state index contributed by atoms with van der Waals surface area (Å²) in [5.74, 6) is -0.467. The highest BCUT2D eigenvalue weighted by Crippen LogP contribution is 2.38. The van der Waals surface area contributed by atoms with Gasteiger partial charge in [-0.2, -0.15) is 0 Å². The van der Waals surface area contributed by atoms with Gasteiger partial charge in [0, 0.05) is 5.56 Å². The number of aliphatic hydroxyl groups is 1. The van der Waals surface area contributed by atoms with Crippen LogP contribution in [0.15, 0.2) is 12.1 Å². The summed E-state index contributed by atoms with van der Waals surface area (Å²) in [7, 11) is 2.85. The van der Waals surface area contributed by atoms with E-state index in [2.05, 4.69) is 0 Å². The quantitative estimate of drug-likeness (QED) is 0.836. The summed E-state index contributed by atoms with van der Waals surface area (Å²) >= 11 is 0. The highest BCUT2D eigenvalue weighted by Gasteiger charge is 2.26. The van der Waals surface area contributed by atoms with Crippen molar-refractivity contribution in [1.29, 1.82) is 0 Å². The maximum absolute atomic E-state index is 11.0. The van der Waals surface area contributed by atoms with Crippen molar-refractivity contribution in [2.24, 2.45) is 0 Å². The fourth-order valence-electron chi connectivity index (χ4n) is 1.54. The molecule has 0 saturated heterocycles. The lowest BCUT2D eigenvalue weighted by Crippen LogP contribution is -2.18. The minimum absolute atomic E-state index is 0.0415. The minimum atomic E-state index is -1.22. The molecule has 17 heavy (non-hydrogen) atoms. The van der Waals surface area contributed by atoms with E-state index in [0.717, 1.165) is 0 Å². The van der Waals surface area contributed by atoms with Gasteiger partial charge in [-0.05, 0) is 26.0 Å². The lowest BCUT2D eigenvalue weighted by molar-refractivity contribution is 0.0689. The molecule has 0 aliphatic carbocycles. The van der Waals surface area contributed by atoms with Crippen molar-refractivity contribution >= 4 is 5.97 Å². The molecule has 5 heteroatoms. The van der Waals surface area contributed by atoms with Gasteiger partial charge in [-0.1, -0.05) is 0 Å². The van der Waals surface area contributed by atoms with E-state index in [-0.39, 0.29) is 11.3 Å². The molecule has 0 aromatic heterocycles. The fourth-order valence-corrected chi connectivity index (χ4v) is 1.54. The first-order chi connectivity index (χ1) is 7.81. The van der Waals surface area contributed by atoms with E-state index in [9.17, 15) is 9.90 Å². The van der Waals surface area contributed by atoms with E-state index in [4.69, 9.17) is 14.6 Å². The molecule has 0 spiro atoms. The molecule has 1 aromatic carbocycles. The van der Waals surface area contributed by atoms with Gasteiger partial charge in [-0.15, -0.1) is 0 Å². The topological polar surface area (TPSA) is 76.0 Å². The van der Waals surface area contributed by atoms with Crippen LogP contribution in [0.5, 0.6) is 11.5 Å². The second-order valence-corrected chi connectivity index (χ2v) is 4.12. The monoisotopic (exact) mass is 240 g/mol. The Kier molecular flexibility index (Phi) is 3.63. The predicted molar refractivity (Wildman–Crippen MR) is 61.8 cm³/mol. The van der Waals surface area contributed by atoms with E-state index < -0.39 is 11.6 Å². The maximum Gasteiger partial charge on any atom is 0.335 e. The largest absolute Gasteiger partial charge is 0.493 e. The van der Waals surface area contributed by atoms with Crippen LogP contribution in [0.2, 0.25) is 0 Å². The molecule has 0 aliphatic rings. The SMILES string of the molecule is COc1cc(C(=O)O)cc(C(C)(C)O)c1OC. The molecular weight excluding hydrogens is 224 g/mol. The number of hydrogen-bond acceptors (Lipinski definition) is 4. The first kappa shape index (κ1) is 13.3. The van der Waals surface area contributed by atoms with E-state index in [1.165, 1.54) is 26.4 Å². The van der Waals surface area contributed by atoms with Crippen molar-refractivity contribution < 1.29 is 24.5 Å². The standard InChI is InChI=1S/C12H16O5/c1-12(2,15)8-5-7(11(13)14)6-9(16-3)10(8)17-4/h5-6,15H,1-4H3,(H,13,14). The number of hydrogen-bond donors (Lipinski definition) is 2. The Bertz CT molecular complexity index is 431. The van der Waals surface area contributed by atoms with Crippen LogP contribution in [0.4, 0.5) is 0 Å². The lowest BCUT2D eigenvalue weighted by atomic mass is 9.94. The second kappa shape index (κ2) is 4.63. The van der Waals surface area contributed by atoms with Crippen molar-refractivity contribution in [2.45, 2.75) is 19.4 Å². The zero-order chi connectivity index (χ0) is 13.2. The predicted octanol–water partition coefficient (Wildman–Crippen LogP) is 1.63. The van der Waals surface area contributed by atoms with Gasteiger partial charge in [0.2, 0.25) is 0 Å². The molecule has 0 amide bonds. The van der Waals surface area contributed by atoms with Gasteiger partial charge >= 0.3 is 5.97 Å². The smallest absolute Gasteiger partial charge is 0.335 e. The summed E-state index contributed by atoms with van der Waals surface area (Å²) in [4.78, 5) is 11.0. The van der Waals surface area contributed by atoms with Crippen LogP contribution < -0.4 is 9.47 Å². The Morgan fingerprint density at radius 3 is 2.18 bits per heavy atom. The molecule has 0 heterocycles. The Labute approximate surface area is 99.6 Å². The van der Waals surface area contributed by atoms with Gasteiger partial charge in [0.1, 0.15) is 0 Å². The van der Waals surface area contributed by atoms with Crippen molar-refractivity contribution in [3.05, 3.63) is 23.3 Å². The zero-order valence-electron chi connectivity index (χ0n) is 10.3. The number of carboxylic acids is 1. The van der Waals surface area contributed by atoms with Gasteiger partial charge in [-0.25, -0.2) is 4.79 Å². The Morgan fingerprint density at radius 2 is 1.82 bits per heavy atom. The Hall–Kier alpha value is -1.75. The van der Waals surface area contributed by atoms with E-state index in [1.54, 1.807) is 13.8 Å². The minimum Gasteiger partial charge on any atom is -0.493 e. The Balaban J connectivity index is 3.54. The van der Waals surface area contributed by atoms with Crippen molar-refractivity contribution in [3.63, 3.8) is 0 Å². The molecule has 0 atom stereocenters. The second-order valence-electron chi connectivity index (χ2n) is 4.12. The maximum atomic E-state index is 11.0. The van der Waals surface area contributed by atoms with Crippen LogP contribution >= 0.6 is 0 Å². The van der Waals surface area contributed by atoms with Gasteiger partial charge in [0.15, 0.2) is 11.5 Å². The number of aromatic carboxylic acids is 1. The molecule has 5 nitrogen and oxygen atoms in total. The molecule has 1 aromatic rings. The van der Waals surface area contributed by atoms with Crippen LogP contribution in [-0.4, -0.2) is 30.4 Å². The van der Waals surface area contributed by atoms with Crippen LogP contribution in [0.3, 0.4) is 0 Å². The van der Waals surface area contributed by atoms with E-state index in [0.29, 0.717) is 11.3 Å². The molecule has 1 rings (SSSR count). The third-order valence-electron chi connectivity index (χ3n) is 2.38. The molecule has 2 N–H and O–H groups in total. The highest BCUT2D eigenvalue weighted by atomic mass is 16.5. The molecule has 94 valence electrons. The first-order valence-electron chi connectivity index (χ1n) is 5.03. The molecule has 0 unspecified atom stereocenters. The summed E-state index contributed by atoms with van der Waals surface area (Å²) in [5, 5.41) is 19.0.